The van der Waals surface area contributed by atoms with Gasteiger partial charge in [0.15, 0.2) is 5.16 Å². The molecule has 0 bridgehead atoms. The Kier molecular flexibility index (Phi) is 5.21. The number of rotatable bonds is 5. The molecule has 118 valence electrons. The van der Waals surface area contributed by atoms with Crippen molar-refractivity contribution >= 4 is 38.6 Å². The van der Waals surface area contributed by atoms with Gasteiger partial charge in [0.2, 0.25) is 0 Å². The molecule has 0 amide bonds. The topological polar surface area (TPSA) is 44.1 Å². The van der Waals surface area contributed by atoms with E-state index in [4.69, 9.17) is 9.72 Å². The summed E-state index contributed by atoms with van der Waals surface area (Å²) in [5.74, 6) is 0.859. The number of halogens is 1. The Balaban J connectivity index is 1.97. The fourth-order valence-corrected chi connectivity index (χ4v) is 4.10. The largest absolute Gasteiger partial charge is 0.377 e. The number of aromatic nitrogens is 2. The van der Waals surface area contributed by atoms with Crippen molar-refractivity contribution < 1.29 is 4.74 Å². The average Bonchev–Trinajstić information content (AvgIpc) is 3.02. The van der Waals surface area contributed by atoms with Crippen molar-refractivity contribution in [3.05, 3.63) is 33.0 Å². The van der Waals surface area contributed by atoms with Gasteiger partial charge in [0.25, 0.3) is 5.56 Å². The first-order valence-electron chi connectivity index (χ1n) is 7.63. The lowest BCUT2D eigenvalue weighted by Crippen LogP contribution is -2.24. The van der Waals surface area contributed by atoms with Gasteiger partial charge in [0.05, 0.1) is 17.0 Å². The highest BCUT2D eigenvalue weighted by molar-refractivity contribution is 9.10. The predicted octanol–water partition coefficient (Wildman–Crippen LogP) is 3.84. The third-order valence-corrected chi connectivity index (χ3v) is 5.35. The van der Waals surface area contributed by atoms with E-state index in [0.29, 0.717) is 11.9 Å². The Labute approximate surface area is 142 Å². The molecule has 0 spiro atoms. The summed E-state index contributed by atoms with van der Waals surface area (Å²) in [6, 6.07) is 5.67. The van der Waals surface area contributed by atoms with Gasteiger partial charge in [-0.3, -0.25) is 9.36 Å². The Morgan fingerprint density at radius 2 is 2.36 bits per heavy atom. The number of nitrogens with zero attached hydrogens (tertiary/aromatic N) is 2. The van der Waals surface area contributed by atoms with Gasteiger partial charge in [0.1, 0.15) is 0 Å². The van der Waals surface area contributed by atoms with Crippen LogP contribution < -0.4 is 5.56 Å². The van der Waals surface area contributed by atoms with Crippen LogP contribution in [0, 0.1) is 0 Å². The van der Waals surface area contributed by atoms with Crippen LogP contribution in [-0.4, -0.2) is 28.0 Å². The van der Waals surface area contributed by atoms with Crippen molar-refractivity contribution in [2.24, 2.45) is 0 Å². The summed E-state index contributed by atoms with van der Waals surface area (Å²) in [4.78, 5) is 17.5. The summed E-state index contributed by atoms with van der Waals surface area (Å²) in [5.41, 5.74) is 0.804. The van der Waals surface area contributed by atoms with Crippen molar-refractivity contribution in [1.82, 2.24) is 9.55 Å². The molecule has 1 atom stereocenters. The molecule has 0 radical (unpaired) electrons. The van der Waals surface area contributed by atoms with E-state index in [1.54, 1.807) is 16.3 Å². The molecule has 1 aromatic carbocycles. The van der Waals surface area contributed by atoms with Gasteiger partial charge in [-0.15, -0.1) is 0 Å². The lowest BCUT2D eigenvalue weighted by molar-refractivity contribution is 0.129. The van der Waals surface area contributed by atoms with E-state index in [2.05, 4.69) is 22.9 Å². The Morgan fingerprint density at radius 3 is 3.09 bits per heavy atom. The van der Waals surface area contributed by atoms with Gasteiger partial charge >= 0.3 is 0 Å². The van der Waals surface area contributed by atoms with Gasteiger partial charge in [-0.1, -0.05) is 34.6 Å². The minimum Gasteiger partial charge on any atom is -0.377 e. The van der Waals surface area contributed by atoms with Gasteiger partial charge in [-0.25, -0.2) is 4.98 Å². The molecule has 1 fully saturated rings. The molecule has 1 aliphatic rings. The van der Waals surface area contributed by atoms with Gasteiger partial charge < -0.3 is 4.74 Å². The van der Waals surface area contributed by atoms with Crippen LogP contribution in [0.15, 0.2) is 32.6 Å². The fraction of sp³-hybridized carbons (Fsp3) is 0.500. The molecule has 0 unspecified atom stereocenters. The molecule has 0 N–H and O–H groups in total. The molecule has 4 nitrogen and oxygen atoms in total. The first-order valence-corrected chi connectivity index (χ1v) is 9.41. The van der Waals surface area contributed by atoms with Crippen LogP contribution in [-0.2, 0) is 11.3 Å². The van der Waals surface area contributed by atoms with E-state index in [1.165, 1.54) is 0 Å². The normalized spacial score (nSPS) is 18.2. The first kappa shape index (κ1) is 16.0. The molecule has 0 saturated carbocycles. The minimum absolute atomic E-state index is 0.0444. The maximum atomic E-state index is 12.7. The SMILES string of the molecule is CCCn1c(SC[C@H]2CCCO2)nc2ccc(Br)cc2c1=O. The molecule has 2 aromatic rings. The quantitative estimate of drug-likeness (QED) is 0.581. The highest BCUT2D eigenvalue weighted by atomic mass is 79.9. The predicted molar refractivity (Wildman–Crippen MR) is 93.7 cm³/mol. The van der Waals surface area contributed by atoms with Crippen LogP contribution in [0.3, 0.4) is 0 Å². The second-order valence-corrected chi connectivity index (χ2v) is 7.36. The second kappa shape index (κ2) is 7.15. The molecule has 3 rings (SSSR count). The van der Waals surface area contributed by atoms with E-state index >= 15 is 0 Å². The maximum Gasteiger partial charge on any atom is 0.262 e. The Morgan fingerprint density at radius 1 is 1.50 bits per heavy atom. The van der Waals surface area contributed by atoms with E-state index in [9.17, 15) is 4.79 Å². The van der Waals surface area contributed by atoms with Gasteiger partial charge in [-0.05, 0) is 37.5 Å². The summed E-state index contributed by atoms with van der Waals surface area (Å²) >= 11 is 5.06. The number of thioether (sulfide) groups is 1. The van der Waals surface area contributed by atoms with Crippen LogP contribution in [0.4, 0.5) is 0 Å². The molecule has 1 aromatic heterocycles. The standard InChI is InChI=1S/C16H19BrN2O2S/c1-2-7-19-15(20)13-9-11(17)5-6-14(13)18-16(19)22-10-12-4-3-8-21-12/h5-6,9,12H,2-4,7-8,10H2,1H3/t12-/m1/s1. The Hall–Kier alpha value is -0.850. The van der Waals surface area contributed by atoms with Crippen LogP contribution >= 0.6 is 27.7 Å². The van der Waals surface area contributed by atoms with Crippen molar-refractivity contribution in [3.63, 3.8) is 0 Å². The molecule has 2 heterocycles. The molecule has 1 saturated heterocycles. The van der Waals surface area contributed by atoms with Crippen molar-refractivity contribution in [2.45, 2.75) is 44.0 Å². The van der Waals surface area contributed by atoms with Crippen LogP contribution in [0.1, 0.15) is 26.2 Å². The monoisotopic (exact) mass is 382 g/mol. The zero-order chi connectivity index (χ0) is 15.5. The van der Waals surface area contributed by atoms with E-state index in [0.717, 1.165) is 46.8 Å². The molecule has 1 aliphatic heterocycles. The fourth-order valence-electron chi connectivity index (χ4n) is 2.65. The van der Waals surface area contributed by atoms with E-state index in [1.807, 2.05) is 18.2 Å². The summed E-state index contributed by atoms with van der Waals surface area (Å²) in [6.07, 6.45) is 3.43. The molecule has 0 aliphatic carbocycles. The van der Waals surface area contributed by atoms with Crippen LogP contribution in [0.25, 0.3) is 10.9 Å². The third-order valence-electron chi connectivity index (χ3n) is 3.75. The lowest BCUT2D eigenvalue weighted by atomic mass is 10.2. The third kappa shape index (κ3) is 3.39. The zero-order valence-corrected chi connectivity index (χ0v) is 15.0. The molecular weight excluding hydrogens is 364 g/mol. The van der Waals surface area contributed by atoms with Crippen molar-refractivity contribution in [2.75, 3.05) is 12.4 Å². The average molecular weight is 383 g/mol. The first-order chi connectivity index (χ1) is 10.7. The number of benzene rings is 1. The number of fused-ring (bicyclic) bond motifs is 1. The number of hydrogen-bond acceptors (Lipinski definition) is 4. The smallest absolute Gasteiger partial charge is 0.262 e. The number of ether oxygens (including phenoxy) is 1. The summed E-state index contributed by atoms with van der Waals surface area (Å²) in [7, 11) is 0. The minimum atomic E-state index is 0.0444. The number of hydrogen-bond donors (Lipinski definition) is 0. The molecule has 6 heteroatoms. The molecule has 22 heavy (non-hydrogen) atoms. The molecular formula is C16H19BrN2O2S. The van der Waals surface area contributed by atoms with Gasteiger partial charge in [0, 0.05) is 23.4 Å². The summed E-state index contributed by atoms with van der Waals surface area (Å²) < 4.78 is 8.37. The van der Waals surface area contributed by atoms with Gasteiger partial charge in [-0.2, -0.15) is 0 Å². The van der Waals surface area contributed by atoms with E-state index in [-0.39, 0.29) is 11.7 Å². The van der Waals surface area contributed by atoms with Crippen LogP contribution in [0.2, 0.25) is 0 Å². The highest BCUT2D eigenvalue weighted by Gasteiger charge is 2.18. The van der Waals surface area contributed by atoms with E-state index < -0.39 is 0 Å². The van der Waals surface area contributed by atoms with Crippen molar-refractivity contribution in [3.8, 4) is 0 Å². The second-order valence-electron chi connectivity index (χ2n) is 5.46. The zero-order valence-electron chi connectivity index (χ0n) is 12.5. The maximum absolute atomic E-state index is 12.7. The summed E-state index contributed by atoms with van der Waals surface area (Å²) in [6.45, 7) is 3.63. The van der Waals surface area contributed by atoms with Crippen molar-refractivity contribution in [1.29, 1.82) is 0 Å². The lowest BCUT2D eigenvalue weighted by Gasteiger charge is -2.14. The summed E-state index contributed by atoms with van der Waals surface area (Å²) in [5, 5.41) is 1.47. The van der Waals surface area contributed by atoms with Crippen LogP contribution in [0.5, 0.6) is 0 Å². The highest BCUT2D eigenvalue weighted by Crippen LogP contribution is 2.24. The Bertz CT molecular complexity index is 726.